The zero-order valence-corrected chi connectivity index (χ0v) is 21.9. The Morgan fingerprint density at radius 1 is 0.939 bits per heavy atom. The van der Waals surface area contributed by atoms with Gasteiger partial charge in [-0.3, -0.25) is 9.59 Å². The number of carbonyl (C=O) groups excluding carboxylic acids is 4. The maximum absolute atomic E-state index is 12.9. The van der Waals surface area contributed by atoms with E-state index in [4.69, 9.17) is 18.9 Å². The second-order valence-corrected chi connectivity index (χ2v) is 10.4. The number of esters is 2. The first-order valence-corrected chi connectivity index (χ1v) is 12.1. The molecule has 0 aromatic carbocycles. The summed E-state index contributed by atoms with van der Waals surface area (Å²) in [5.41, 5.74) is -1.28. The molecule has 0 saturated carbocycles. The summed E-state index contributed by atoms with van der Waals surface area (Å²) < 4.78 is 20.7. The van der Waals surface area contributed by atoms with Crippen molar-refractivity contribution in [1.29, 1.82) is 0 Å². The van der Waals surface area contributed by atoms with E-state index in [9.17, 15) is 19.2 Å². The van der Waals surface area contributed by atoms with E-state index in [1.54, 1.807) is 20.8 Å². The van der Waals surface area contributed by atoms with Gasteiger partial charge in [0, 0.05) is 17.9 Å². The maximum Gasteiger partial charge on any atom is 0.408 e. The Kier molecular flexibility index (Phi) is 14.1. The maximum atomic E-state index is 12.9. The van der Waals surface area contributed by atoms with Crippen LogP contribution in [0.25, 0.3) is 0 Å². The molecule has 0 aliphatic rings. The van der Waals surface area contributed by atoms with Crippen molar-refractivity contribution < 1.29 is 38.1 Å². The van der Waals surface area contributed by atoms with E-state index < -0.39 is 41.3 Å². The van der Waals surface area contributed by atoms with E-state index in [1.165, 1.54) is 18.9 Å². The number of ether oxygens (including phenoxy) is 4. The van der Waals surface area contributed by atoms with Crippen molar-refractivity contribution in [3.8, 4) is 0 Å². The molecular formula is C22H40N2O8S. The molecule has 0 radical (unpaired) electrons. The smallest absolute Gasteiger partial charge is 0.408 e. The van der Waals surface area contributed by atoms with Crippen LogP contribution in [0.2, 0.25) is 0 Å². The molecule has 10 nitrogen and oxygen atoms in total. The van der Waals surface area contributed by atoms with Crippen LogP contribution in [0.3, 0.4) is 0 Å². The lowest BCUT2D eigenvalue weighted by Crippen LogP contribution is -2.55. The topological polar surface area (TPSA) is 129 Å². The first-order chi connectivity index (χ1) is 15.2. The first kappa shape index (κ1) is 31.0. The highest BCUT2D eigenvalue weighted by Gasteiger charge is 2.30. The third-order valence-corrected chi connectivity index (χ3v) is 4.75. The lowest BCUT2D eigenvalue weighted by atomic mass is 10.2. The van der Waals surface area contributed by atoms with Gasteiger partial charge < -0.3 is 29.6 Å². The van der Waals surface area contributed by atoms with Crippen LogP contribution in [0, 0.1) is 0 Å². The van der Waals surface area contributed by atoms with Gasteiger partial charge in [0.15, 0.2) is 6.04 Å². The van der Waals surface area contributed by atoms with Gasteiger partial charge in [0.2, 0.25) is 5.91 Å². The summed E-state index contributed by atoms with van der Waals surface area (Å²) in [5, 5.41) is 5.11. The van der Waals surface area contributed by atoms with Crippen molar-refractivity contribution in [3.63, 3.8) is 0 Å². The molecule has 0 heterocycles. The summed E-state index contributed by atoms with van der Waals surface area (Å²) in [6.07, 6.45) is 0.286. The minimum Gasteiger partial charge on any atom is -0.467 e. The summed E-state index contributed by atoms with van der Waals surface area (Å²) in [6, 6.07) is -2.05. The van der Waals surface area contributed by atoms with Crippen LogP contribution in [0.4, 0.5) is 4.79 Å². The molecule has 0 unspecified atom stereocenters. The van der Waals surface area contributed by atoms with Crippen LogP contribution in [0.15, 0.2) is 0 Å². The first-order valence-electron chi connectivity index (χ1n) is 10.9. The van der Waals surface area contributed by atoms with Crippen molar-refractivity contribution >= 4 is 35.7 Å². The van der Waals surface area contributed by atoms with E-state index >= 15 is 0 Å². The molecule has 0 spiro atoms. The fourth-order valence-corrected chi connectivity index (χ4v) is 3.08. The molecule has 33 heavy (non-hydrogen) atoms. The average Bonchev–Trinajstić information content (AvgIpc) is 2.67. The molecule has 192 valence electrons. The summed E-state index contributed by atoms with van der Waals surface area (Å²) >= 11 is 1.31. The molecular weight excluding hydrogens is 452 g/mol. The largest absolute Gasteiger partial charge is 0.467 e. The van der Waals surface area contributed by atoms with Gasteiger partial charge in [-0.1, -0.05) is 6.92 Å². The Bertz CT molecular complexity index is 643. The number of amides is 2. The van der Waals surface area contributed by atoms with E-state index in [2.05, 4.69) is 10.6 Å². The highest BCUT2D eigenvalue weighted by molar-refractivity contribution is 7.99. The second kappa shape index (κ2) is 15.0. The van der Waals surface area contributed by atoms with E-state index in [-0.39, 0.29) is 24.9 Å². The number of methoxy groups -OCH3 is 1. The van der Waals surface area contributed by atoms with Crippen LogP contribution >= 0.6 is 11.8 Å². The Balaban J connectivity index is 5.12. The van der Waals surface area contributed by atoms with Crippen molar-refractivity contribution in [2.45, 2.75) is 84.6 Å². The molecule has 11 heteroatoms. The number of alkyl carbamates (subject to hydrolysis) is 1. The molecule has 0 aromatic heterocycles. The third-order valence-electron chi connectivity index (χ3n) is 3.72. The van der Waals surface area contributed by atoms with Gasteiger partial charge in [-0.25, -0.2) is 9.59 Å². The predicted molar refractivity (Wildman–Crippen MR) is 126 cm³/mol. The average molecular weight is 493 g/mol. The van der Waals surface area contributed by atoms with E-state index in [1.807, 2.05) is 27.7 Å². The van der Waals surface area contributed by atoms with Gasteiger partial charge in [0.05, 0.1) is 19.3 Å². The quantitative estimate of drug-likeness (QED) is 0.226. The molecule has 0 aromatic rings. The zero-order chi connectivity index (χ0) is 25.7. The lowest BCUT2D eigenvalue weighted by molar-refractivity contribution is -0.148. The molecule has 0 bridgehead atoms. The minimum atomic E-state index is -1.05. The summed E-state index contributed by atoms with van der Waals surface area (Å²) in [6.45, 7) is 12.6. The minimum absolute atomic E-state index is 0.0956. The van der Waals surface area contributed by atoms with Crippen LogP contribution in [0.1, 0.15) is 61.3 Å². The Labute approximate surface area is 201 Å². The van der Waals surface area contributed by atoms with Crippen LogP contribution in [-0.4, -0.2) is 79.1 Å². The summed E-state index contributed by atoms with van der Waals surface area (Å²) in [4.78, 5) is 48.7. The Morgan fingerprint density at radius 3 is 2.09 bits per heavy atom. The van der Waals surface area contributed by atoms with Crippen molar-refractivity contribution in [2.75, 3.05) is 31.8 Å². The van der Waals surface area contributed by atoms with E-state index in [0.29, 0.717) is 18.6 Å². The molecule has 0 rings (SSSR count). The molecule has 0 aliphatic heterocycles. The number of hydrogen-bond acceptors (Lipinski definition) is 9. The summed E-state index contributed by atoms with van der Waals surface area (Å²) in [7, 11) is 1.21. The fraction of sp³-hybridized carbons (Fsp3) is 0.818. The standard InChI is InChI=1S/C22H40N2O8S/c1-9-10-17(25)30-11-12-33-14-16(24-20(28)32-22(5,6)7)18(26)23-15(19(27)29-8)13-31-21(2,3)4/h15-16H,9-14H2,1-8H3,(H,23,26)(H,24,28)/t15-,16-/m0/s1. The molecule has 0 fully saturated rings. The molecule has 0 saturated heterocycles. The third kappa shape index (κ3) is 16.3. The fourth-order valence-electron chi connectivity index (χ4n) is 2.24. The van der Waals surface area contributed by atoms with Crippen molar-refractivity contribution in [1.82, 2.24) is 10.6 Å². The lowest BCUT2D eigenvalue weighted by Gasteiger charge is -2.26. The monoisotopic (exact) mass is 492 g/mol. The van der Waals surface area contributed by atoms with Crippen LogP contribution < -0.4 is 10.6 Å². The normalized spacial score (nSPS) is 13.5. The van der Waals surface area contributed by atoms with Gasteiger partial charge in [0.1, 0.15) is 18.2 Å². The molecule has 2 atom stereocenters. The highest BCUT2D eigenvalue weighted by atomic mass is 32.2. The number of nitrogens with one attached hydrogen (secondary N) is 2. The summed E-state index contributed by atoms with van der Waals surface area (Å²) in [5.74, 6) is -0.935. The van der Waals surface area contributed by atoms with Crippen LogP contribution in [0.5, 0.6) is 0 Å². The van der Waals surface area contributed by atoms with Crippen molar-refractivity contribution in [2.24, 2.45) is 0 Å². The van der Waals surface area contributed by atoms with Crippen LogP contribution in [-0.2, 0) is 33.3 Å². The number of thioether (sulfide) groups is 1. The van der Waals surface area contributed by atoms with E-state index in [0.717, 1.165) is 0 Å². The SMILES string of the molecule is CCCC(=O)OCCSC[C@H](NC(=O)OC(C)(C)C)C(=O)N[C@@H](COC(C)(C)C)C(=O)OC. The van der Waals surface area contributed by atoms with Crippen molar-refractivity contribution in [3.05, 3.63) is 0 Å². The highest BCUT2D eigenvalue weighted by Crippen LogP contribution is 2.11. The predicted octanol–water partition coefficient (Wildman–Crippen LogP) is 2.43. The second-order valence-electron chi connectivity index (χ2n) is 9.25. The molecule has 2 N–H and O–H groups in total. The molecule has 2 amide bonds. The number of carbonyl (C=O) groups is 4. The molecule has 0 aliphatic carbocycles. The number of rotatable bonds is 13. The van der Waals surface area contributed by atoms with Gasteiger partial charge in [-0.2, -0.15) is 11.8 Å². The van der Waals surface area contributed by atoms with Gasteiger partial charge in [-0.05, 0) is 48.0 Å². The Morgan fingerprint density at radius 2 is 1.58 bits per heavy atom. The zero-order valence-electron chi connectivity index (χ0n) is 21.1. The van der Waals surface area contributed by atoms with Gasteiger partial charge in [0.25, 0.3) is 0 Å². The Hall–Kier alpha value is -2.01. The number of hydrogen-bond donors (Lipinski definition) is 2. The van der Waals surface area contributed by atoms with Gasteiger partial charge in [-0.15, -0.1) is 0 Å². The van der Waals surface area contributed by atoms with Gasteiger partial charge >= 0.3 is 18.0 Å².